The van der Waals surface area contributed by atoms with Gasteiger partial charge in [0.15, 0.2) is 5.82 Å². The molecule has 1 atom stereocenters. The van der Waals surface area contributed by atoms with Gasteiger partial charge in [0.25, 0.3) is 0 Å². The normalized spacial score (nSPS) is 16.1. The van der Waals surface area contributed by atoms with Crippen LogP contribution in [-0.4, -0.2) is 47.4 Å². The number of thioether (sulfide) groups is 1. The number of anilines is 2. The molecule has 1 fully saturated rings. The van der Waals surface area contributed by atoms with Crippen LogP contribution in [0.15, 0.2) is 35.4 Å². The fourth-order valence-corrected chi connectivity index (χ4v) is 4.12. The van der Waals surface area contributed by atoms with Crippen LogP contribution in [0.4, 0.5) is 11.5 Å². The molecule has 0 aliphatic carbocycles. The molecule has 0 spiro atoms. The lowest BCUT2D eigenvalue weighted by Crippen LogP contribution is -2.43. The number of hydrogen-bond donors (Lipinski definition) is 2. The minimum atomic E-state index is -0.0731. The lowest BCUT2D eigenvalue weighted by atomic mass is 9.97. The Morgan fingerprint density at radius 1 is 1.16 bits per heavy atom. The van der Waals surface area contributed by atoms with Gasteiger partial charge in [-0.05, 0) is 68.5 Å². The standard InChI is InChI=1S/C23H31N5O2S/c1-4-11-24-23(30)18-6-5-12-28(14-18)20-9-10-22(27-26-20)31-15-21(29)25-19-8-7-16(2)17(3)13-19/h7-10,13,18H,4-6,11-12,14-15H2,1-3H3,(H,24,30)(H,25,29). The summed E-state index contributed by atoms with van der Waals surface area (Å²) >= 11 is 1.36. The van der Waals surface area contributed by atoms with E-state index in [2.05, 4.69) is 32.7 Å². The smallest absolute Gasteiger partial charge is 0.234 e. The largest absolute Gasteiger partial charge is 0.356 e. The summed E-state index contributed by atoms with van der Waals surface area (Å²) in [6.07, 6.45) is 2.81. The van der Waals surface area contributed by atoms with E-state index in [0.717, 1.165) is 49.4 Å². The second kappa shape index (κ2) is 11.1. The average molecular weight is 442 g/mol. The predicted molar refractivity (Wildman–Crippen MR) is 126 cm³/mol. The second-order valence-corrected chi connectivity index (χ2v) is 8.94. The van der Waals surface area contributed by atoms with Crippen molar-refractivity contribution in [3.8, 4) is 0 Å². The van der Waals surface area contributed by atoms with Crippen LogP contribution >= 0.6 is 11.8 Å². The summed E-state index contributed by atoms with van der Waals surface area (Å²) in [5, 5.41) is 15.2. The fraction of sp³-hybridized carbons (Fsp3) is 0.478. The Morgan fingerprint density at radius 2 is 2.00 bits per heavy atom. The Bertz CT molecular complexity index is 903. The minimum absolute atomic E-state index is 0.00902. The number of carbonyl (C=O) groups is 2. The molecular weight excluding hydrogens is 410 g/mol. The molecule has 0 saturated carbocycles. The third-order valence-electron chi connectivity index (χ3n) is 5.43. The topological polar surface area (TPSA) is 87.2 Å². The molecule has 2 heterocycles. The summed E-state index contributed by atoms with van der Waals surface area (Å²) in [5.41, 5.74) is 3.15. The van der Waals surface area contributed by atoms with E-state index in [4.69, 9.17) is 0 Å². The highest BCUT2D eigenvalue weighted by Gasteiger charge is 2.26. The molecule has 8 heteroatoms. The van der Waals surface area contributed by atoms with Crippen LogP contribution in [-0.2, 0) is 9.59 Å². The summed E-state index contributed by atoms with van der Waals surface area (Å²) < 4.78 is 0. The molecular formula is C23H31N5O2S. The second-order valence-electron chi connectivity index (χ2n) is 7.94. The van der Waals surface area contributed by atoms with Crippen LogP contribution in [0.2, 0.25) is 0 Å². The van der Waals surface area contributed by atoms with Crippen molar-refractivity contribution in [1.82, 2.24) is 15.5 Å². The number of rotatable bonds is 8. The van der Waals surface area contributed by atoms with Gasteiger partial charge in [0.05, 0.1) is 11.7 Å². The van der Waals surface area contributed by atoms with Gasteiger partial charge < -0.3 is 15.5 Å². The number of carbonyl (C=O) groups excluding carboxylic acids is 2. The molecule has 1 unspecified atom stereocenters. The van der Waals surface area contributed by atoms with Crippen LogP contribution in [0.1, 0.15) is 37.3 Å². The molecule has 1 saturated heterocycles. The van der Waals surface area contributed by atoms with Crippen molar-refractivity contribution in [3.05, 3.63) is 41.5 Å². The van der Waals surface area contributed by atoms with E-state index in [1.54, 1.807) is 0 Å². The maximum absolute atomic E-state index is 12.3. The summed E-state index contributed by atoms with van der Waals surface area (Å²) in [5.74, 6) is 1.09. The highest BCUT2D eigenvalue weighted by Crippen LogP contribution is 2.23. The van der Waals surface area contributed by atoms with Crippen molar-refractivity contribution in [3.63, 3.8) is 0 Å². The summed E-state index contributed by atoms with van der Waals surface area (Å²) in [7, 11) is 0. The highest BCUT2D eigenvalue weighted by molar-refractivity contribution is 7.99. The van der Waals surface area contributed by atoms with E-state index in [1.807, 2.05) is 44.2 Å². The summed E-state index contributed by atoms with van der Waals surface area (Å²) in [6.45, 7) is 8.38. The number of amides is 2. The zero-order valence-corrected chi connectivity index (χ0v) is 19.3. The number of nitrogens with zero attached hydrogens (tertiary/aromatic N) is 3. The van der Waals surface area contributed by atoms with E-state index in [1.165, 1.54) is 17.3 Å². The monoisotopic (exact) mass is 441 g/mol. The molecule has 1 aromatic heterocycles. The quantitative estimate of drug-likeness (QED) is 0.609. The average Bonchev–Trinajstić information content (AvgIpc) is 2.79. The van der Waals surface area contributed by atoms with Crippen molar-refractivity contribution in [2.24, 2.45) is 5.92 Å². The molecule has 2 N–H and O–H groups in total. The number of piperidine rings is 1. The molecule has 3 rings (SSSR count). The first kappa shape index (κ1) is 23.1. The third kappa shape index (κ3) is 6.69. The molecule has 2 amide bonds. The van der Waals surface area contributed by atoms with Gasteiger partial charge in [0, 0.05) is 25.3 Å². The Hall–Kier alpha value is -2.61. The van der Waals surface area contributed by atoms with Crippen LogP contribution in [0, 0.1) is 19.8 Å². The molecule has 0 bridgehead atoms. The van der Waals surface area contributed by atoms with Gasteiger partial charge in [0.2, 0.25) is 11.8 Å². The zero-order chi connectivity index (χ0) is 22.2. The Labute approximate surface area is 188 Å². The number of aromatic nitrogens is 2. The van der Waals surface area contributed by atoms with Crippen LogP contribution in [0.25, 0.3) is 0 Å². The molecule has 0 radical (unpaired) electrons. The van der Waals surface area contributed by atoms with Crippen molar-refractivity contribution < 1.29 is 9.59 Å². The summed E-state index contributed by atoms with van der Waals surface area (Å²) in [4.78, 5) is 26.7. The predicted octanol–water partition coefficient (Wildman–Crippen LogP) is 3.57. The van der Waals surface area contributed by atoms with Crippen LogP contribution in [0.5, 0.6) is 0 Å². The van der Waals surface area contributed by atoms with Crippen LogP contribution < -0.4 is 15.5 Å². The van der Waals surface area contributed by atoms with Gasteiger partial charge in [-0.1, -0.05) is 24.8 Å². The van der Waals surface area contributed by atoms with Crippen molar-refractivity contribution in [1.29, 1.82) is 0 Å². The number of nitrogens with one attached hydrogen (secondary N) is 2. The number of aryl methyl sites for hydroxylation is 2. The Balaban J connectivity index is 1.49. The van der Waals surface area contributed by atoms with E-state index >= 15 is 0 Å². The maximum Gasteiger partial charge on any atom is 0.234 e. The molecule has 166 valence electrons. The van der Waals surface area contributed by atoms with Gasteiger partial charge in [-0.15, -0.1) is 10.2 Å². The number of hydrogen-bond acceptors (Lipinski definition) is 6. The van der Waals surface area contributed by atoms with E-state index in [9.17, 15) is 9.59 Å². The van der Waals surface area contributed by atoms with Crippen molar-refractivity contribution >= 4 is 35.1 Å². The first-order chi connectivity index (χ1) is 15.0. The molecule has 7 nitrogen and oxygen atoms in total. The van der Waals surface area contributed by atoms with Gasteiger partial charge in [-0.2, -0.15) is 0 Å². The van der Waals surface area contributed by atoms with E-state index < -0.39 is 0 Å². The highest BCUT2D eigenvalue weighted by atomic mass is 32.2. The Morgan fingerprint density at radius 3 is 2.71 bits per heavy atom. The molecule has 1 aliphatic heterocycles. The van der Waals surface area contributed by atoms with E-state index in [0.29, 0.717) is 11.6 Å². The molecule has 2 aromatic rings. The molecule has 1 aromatic carbocycles. The zero-order valence-electron chi connectivity index (χ0n) is 18.5. The van der Waals surface area contributed by atoms with Gasteiger partial charge in [-0.3, -0.25) is 9.59 Å². The molecule has 1 aliphatic rings. The maximum atomic E-state index is 12.3. The molecule has 31 heavy (non-hydrogen) atoms. The fourth-order valence-electron chi connectivity index (χ4n) is 3.51. The third-order valence-corrected chi connectivity index (χ3v) is 6.35. The minimum Gasteiger partial charge on any atom is -0.356 e. The SMILES string of the molecule is CCCNC(=O)C1CCCN(c2ccc(SCC(=O)Nc3ccc(C)c(C)c3)nn2)C1. The summed E-state index contributed by atoms with van der Waals surface area (Å²) in [6, 6.07) is 9.69. The van der Waals surface area contributed by atoms with Crippen LogP contribution in [0.3, 0.4) is 0 Å². The van der Waals surface area contributed by atoms with Gasteiger partial charge in [0.1, 0.15) is 5.03 Å². The first-order valence-corrected chi connectivity index (χ1v) is 11.8. The first-order valence-electron chi connectivity index (χ1n) is 10.8. The van der Waals surface area contributed by atoms with Crippen molar-refractivity contribution in [2.45, 2.75) is 45.1 Å². The van der Waals surface area contributed by atoms with Gasteiger partial charge >= 0.3 is 0 Å². The van der Waals surface area contributed by atoms with Crippen molar-refractivity contribution in [2.75, 3.05) is 35.6 Å². The lowest BCUT2D eigenvalue weighted by Gasteiger charge is -2.32. The van der Waals surface area contributed by atoms with E-state index in [-0.39, 0.29) is 23.5 Å². The Kier molecular flexibility index (Phi) is 8.28. The van der Waals surface area contributed by atoms with Gasteiger partial charge in [-0.25, -0.2) is 0 Å². The number of benzene rings is 1. The lowest BCUT2D eigenvalue weighted by molar-refractivity contribution is -0.125.